The van der Waals surface area contributed by atoms with Gasteiger partial charge in [-0.2, -0.15) is 5.10 Å². The molecule has 7 heteroatoms. The Kier molecular flexibility index (Phi) is 3.42. The van der Waals surface area contributed by atoms with Crippen molar-refractivity contribution in [3.63, 3.8) is 0 Å². The lowest BCUT2D eigenvalue weighted by Crippen LogP contribution is -2.37. The SMILES string of the molecule is Cn1nccc1CC(=O)Nc1cc2c(cn1)C(C)(C)C(=O)N2C1CC1. The molecule has 2 aliphatic rings. The molecule has 0 aromatic carbocycles. The van der Waals surface area contributed by atoms with Crippen molar-refractivity contribution in [1.82, 2.24) is 14.8 Å². The molecule has 0 saturated heterocycles. The van der Waals surface area contributed by atoms with Gasteiger partial charge in [0.05, 0.1) is 17.5 Å². The number of amides is 2. The van der Waals surface area contributed by atoms with Gasteiger partial charge in [-0.15, -0.1) is 0 Å². The zero-order chi connectivity index (χ0) is 17.8. The van der Waals surface area contributed by atoms with E-state index in [4.69, 9.17) is 0 Å². The Labute approximate surface area is 146 Å². The summed E-state index contributed by atoms with van der Waals surface area (Å²) in [6.07, 6.45) is 5.68. The molecule has 0 unspecified atom stereocenters. The van der Waals surface area contributed by atoms with E-state index < -0.39 is 5.41 Å². The highest BCUT2D eigenvalue weighted by Crippen LogP contribution is 2.46. The minimum absolute atomic E-state index is 0.116. The summed E-state index contributed by atoms with van der Waals surface area (Å²) in [4.78, 5) is 31.3. The number of nitrogens with one attached hydrogen (secondary N) is 1. The van der Waals surface area contributed by atoms with Crippen molar-refractivity contribution in [2.45, 2.75) is 44.6 Å². The molecule has 0 atom stereocenters. The van der Waals surface area contributed by atoms with Gasteiger partial charge in [0.1, 0.15) is 5.82 Å². The van der Waals surface area contributed by atoms with E-state index in [-0.39, 0.29) is 24.3 Å². The fourth-order valence-corrected chi connectivity index (χ4v) is 3.34. The molecule has 1 fully saturated rings. The van der Waals surface area contributed by atoms with Crippen LogP contribution in [0.25, 0.3) is 0 Å². The van der Waals surface area contributed by atoms with Gasteiger partial charge >= 0.3 is 0 Å². The molecular weight excluding hydrogens is 318 g/mol. The predicted octanol–water partition coefficient (Wildman–Crippen LogP) is 1.78. The number of anilines is 2. The summed E-state index contributed by atoms with van der Waals surface area (Å²) in [5, 5.41) is 6.89. The van der Waals surface area contributed by atoms with Crippen LogP contribution < -0.4 is 10.2 Å². The fourth-order valence-electron chi connectivity index (χ4n) is 3.34. The molecule has 0 bridgehead atoms. The highest BCUT2D eigenvalue weighted by atomic mass is 16.2. The maximum Gasteiger partial charge on any atom is 0.237 e. The quantitative estimate of drug-likeness (QED) is 0.921. The topological polar surface area (TPSA) is 80.1 Å². The van der Waals surface area contributed by atoms with Crippen LogP contribution >= 0.6 is 0 Å². The van der Waals surface area contributed by atoms with Gasteiger partial charge in [-0.1, -0.05) is 0 Å². The number of rotatable bonds is 4. The third-order valence-corrected chi connectivity index (χ3v) is 5.01. The molecule has 2 aromatic rings. The van der Waals surface area contributed by atoms with Gasteiger partial charge in [0.15, 0.2) is 0 Å². The van der Waals surface area contributed by atoms with E-state index in [0.29, 0.717) is 5.82 Å². The van der Waals surface area contributed by atoms with Crippen molar-refractivity contribution in [1.29, 1.82) is 0 Å². The van der Waals surface area contributed by atoms with E-state index in [1.165, 1.54) is 0 Å². The number of aryl methyl sites for hydroxylation is 1. The van der Waals surface area contributed by atoms with Crippen LogP contribution in [0.5, 0.6) is 0 Å². The molecule has 7 nitrogen and oxygen atoms in total. The lowest BCUT2D eigenvalue weighted by molar-refractivity contribution is -0.122. The number of hydrogen-bond acceptors (Lipinski definition) is 4. The maximum atomic E-state index is 12.7. The van der Waals surface area contributed by atoms with Gasteiger partial charge in [-0.3, -0.25) is 14.3 Å². The van der Waals surface area contributed by atoms with E-state index in [0.717, 1.165) is 29.8 Å². The largest absolute Gasteiger partial charge is 0.310 e. The number of nitrogens with zero attached hydrogens (tertiary/aromatic N) is 4. The van der Waals surface area contributed by atoms with Crippen molar-refractivity contribution in [2.75, 3.05) is 10.2 Å². The van der Waals surface area contributed by atoms with Gasteiger partial charge in [0.25, 0.3) is 0 Å². The molecule has 25 heavy (non-hydrogen) atoms. The molecule has 2 amide bonds. The average molecular weight is 339 g/mol. The van der Waals surface area contributed by atoms with Crippen LogP contribution in [0.3, 0.4) is 0 Å². The normalized spacial score (nSPS) is 18.4. The van der Waals surface area contributed by atoms with Crippen LogP contribution in [-0.2, 0) is 28.5 Å². The summed E-state index contributed by atoms with van der Waals surface area (Å²) in [7, 11) is 1.80. The Balaban J connectivity index is 1.58. The van der Waals surface area contributed by atoms with Crippen LogP contribution in [0.2, 0.25) is 0 Å². The van der Waals surface area contributed by atoms with Crippen molar-refractivity contribution in [3.05, 3.63) is 35.8 Å². The highest BCUT2D eigenvalue weighted by Gasteiger charge is 2.49. The zero-order valence-electron chi connectivity index (χ0n) is 14.6. The van der Waals surface area contributed by atoms with Gasteiger partial charge in [0, 0.05) is 42.8 Å². The van der Waals surface area contributed by atoms with Crippen LogP contribution in [0.4, 0.5) is 11.5 Å². The number of aromatic nitrogens is 3. The number of pyridine rings is 1. The number of hydrogen-bond donors (Lipinski definition) is 1. The van der Waals surface area contributed by atoms with Gasteiger partial charge in [0.2, 0.25) is 11.8 Å². The van der Waals surface area contributed by atoms with Crippen molar-refractivity contribution in [2.24, 2.45) is 7.05 Å². The molecule has 3 heterocycles. The standard InChI is InChI=1S/C18H21N5O2/c1-18(2)13-10-19-15(9-14(13)23(17(18)25)11-4-5-11)21-16(24)8-12-6-7-20-22(12)3/h6-7,9-11H,4-5,8H2,1-3H3,(H,19,21,24). The predicted molar refractivity (Wildman–Crippen MR) is 93.3 cm³/mol. The summed E-state index contributed by atoms with van der Waals surface area (Å²) in [5.74, 6) is 0.435. The van der Waals surface area contributed by atoms with Crippen LogP contribution in [0.15, 0.2) is 24.5 Å². The molecule has 4 rings (SSSR count). The fraction of sp³-hybridized carbons (Fsp3) is 0.444. The van der Waals surface area contributed by atoms with Crippen molar-refractivity contribution >= 4 is 23.3 Å². The first-order valence-corrected chi connectivity index (χ1v) is 8.49. The molecule has 0 spiro atoms. The first kappa shape index (κ1) is 15.8. The Morgan fingerprint density at radius 2 is 2.16 bits per heavy atom. The van der Waals surface area contributed by atoms with Gasteiger partial charge < -0.3 is 10.2 Å². The smallest absolute Gasteiger partial charge is 0.237 e. The van der Waals surface area contributed by atoms with E-state index in [1.807, 2.05) is 30.9 Å². The number of carbonyl (C=O) groups excluding carboxylic acids is 2. The lowest BCUT2D eigenvalue weighted by atomic mass is 9.87. The molecule has 1 aliphatic heterocycles. The summed E-state index contributed by atoms with van der Waals surface area (Å²) >= 11 is 0. The van der Waals surface area contributed by atoms with Crippen LogP contribution in [-0.4, -0.2) is 32.6 Å². The lowest BCUT2D eigenvalue weighted by Gasteiger charge is -2.19. The third kappa shape index (κ3) is 2.59. The first-order chi connectivity index (χ1) is 11.9. The summed E-state index contributed by atoms with van der Waals surface area (Å²) in [5.41, 5.74) is 2.06. The molecule has 1 N–H and O–H groups in total. The first-order valence-electron chi connectivity index (χ1n) is 8.49. The molecule has 2 aromatic heterocycles. The summed E-state index contributed by atoms with van der Waals surface area (Å²) < 4.78 is 1.67. The van der Waals surface area contributed by atoms with E-state index in [2.05, 4.69) is 15.4 Å². The Hall–Kier alpha value is -2.70. The maximum absolute atomic E-state index is 12.7. The Morgan fingerprint density at radius 1 is 1.40 bits per heavy atom. The van der Waals surface area contributed by atoms with Crippen LogP contribution in [0, 0.1) is 0 Å². The number of fused-ring (bicyclic) bond motifs is 1. The second-order valence-electron chi connectivity index (χ2n) is 7.29. The third-order valence-electron chi connectivity index (χ3n) is 5.01. The van der Waals surface area contributed by atoms with Gasteiger partial charge in [-0.05, 0) is 32.8 Å². The van der Waals surface area contributed by atoms with Crippen molar-refractivity contribution in [3.8, 4) is 0 Å². The minimum atomic E-state index is -0.567. The average Bonchev–Trinajstić information content (AvgIpc) is 3.27. The van der Waals surface area contributed by atoms with Gasteiger partial charge in [-0.25, -0.2) is 4.98 Å². The second kappa shape index (κ2) is 5.40. The molecule has 130 valence electrons. The van der Waals surface area contributed by atoms with E-state index in [9.17, 15) is 9.59 Å². The van der Waals surface area contributed by atoms with Crippen LogP contribution in [0.1, 0.15) is 37.9 Å². The summed E-state index contributed by atoms with van der Waals surface area (Å²) in [6.45, 7) is 3.86. The number of carbonyl (C=O) groups is 2. The highest BCUT2D eigenvalue weighted by molar-refractivity contribution is 6.08. The van der Waals surface area contributed by atoms with Crippen molar-refractivity contribution < 1.29 is 9.59 Å². The summed E-state index contributed by atoms with van der Waals surface area (Å²) in [6, 6.07) is 3.92. The molecular formula is C18H21N5O2. The zero-order valence-corrected chi connectivity index (χ0v) is 14.6. The second-order valence-corrected chi connectivity index (χ2v) is 7.29. The Bertz CT molecular complexity index is 866. The molecule has 1 saturated carbocycles. The molecule has 0 radical (unpaired) electrons. The molecule has 1 aliphatic carbocycles. The Morgan fingerprint density at radius 3 is 2.80 bits per heavy atom. The van der Waals surface area contributed by atoms with E-state index in [1.54, 1.807) is 24.1 Å². The van der Waals surface area contributed by atoms with E-state index >= 15 is 0 Å². The minimum Gasteiger partial charge on any atom is -0.310 e. The monoisotopic (exact) mass is 339 g/mol.